The van der Waals surface area contributed by atoms with Crippen LogP contribution in [0.4, 0.5) is 17.6 Å². The highest BCUT2D eigenvalue weighted by Crippen LogP contribution is 2.37. The zero-order valence-corrected chi connectivity index (χ0v) is 18.5. The number of amides is 1. The molecule has 5 rings (SSSR count). The predicted molar refractivity (Wildman–Crippen MR) is 116 cm³/mol. The van der Waals surface area contributed by atoms with E-state index in [1.54, 1.807) is 6.07 Å². The van der Waals surface area contributed by atoms with Gasteiger partial charge in [0.25, 0.3) is 5.91 Å². The molecule has 0 unspecified atom stereocenters. The third-order valence-electron chi connectivity index (χ3n) is 6.40. The number of imidazole rings is 1. The minimum atomic E-state index is -4.70. The van der Waals surface area contributed by atoms with Crippen LogP contribution in [0.15, 0.2) is 53.6 Å². The van der Waals surface area contributed by atoms with Gasteiger partial charge < -0.3 is 18.8 Å². The second-order valence-corrected chi connectivity index (χ2v) is 8.55. The maximum atomic E-state index is 14.2. The molecule has 182 valence electrons. The highest BCUT2D eigenvalue weighted by atomic mass is 19.4. The molecular weight excluding hydrogens is 468 g/mol. The molecule has 4 aromatic heterocycles. The van der Waals surface area contributed by atoms with Crippen molar-refractivity contribution in [2.75, 3.05) is 13.1 Å². The molecule has 1 saturated heterocycles. The van der Waals surface area contributed by atoms with Gasteiger partial charge in [-0.3, -0.25) is 9.78 Å². The van der Waals surface area contributed by atoms with Crippen molar-refractivity contribution in [3.05, 3.63) is 77.6 Å². The van der Waals surface area contributed by atoms with E-state index in [0.717, 1.165) is 6.07 Å². The van der Waals surface area contributed by atoms with Crippen LogP contribution >= 0.6 is 0 Å². The minimum Gasteiger partial charge on any atom is -0.472 e. The summed E-state index contributed by atoms with van der Waals surface area (Å²) < 4.78 is 62.1. The molecule has 0 bridgehead atoms. The Morgan fingerprint density at radius 1 is 1.20 bits per heavy atom. The number of rotatable bonds is 3. The van der Waals surface area contributed by atoms with E-state index in [1.807, 2.05) is 0 Å². The Hall–Kier alpha value is -3.73. The van der Waals surface area contributed by atoms with Crippen molar-refractivity contribution in [3.63, 3.8) is 0 Å². The summed E-state index contributed by atoms with van der Waals surface area (Å²) in [5, 5.41) is 10.9. The normalized spacial score (nSPS) is 16.1. The van der Waals surface area contributed by atoms with Crippen molar-refractivity contribution in [2.24, 2.45) is 0 Å². The molecule has 0 radical (unpaired) electrons. The fourth-order valence-electron chi connectivity index (χ4n) is 4.45. The number of halogens is 4. The molecule has 1 aliphatic rings. The van der Waals surface area contributed by atoms with Gasteiger partial charge >= 0.3 is 6.18 Å². The van der Waals surface area contributed by atoms with Gasteiger partial charge in [-0.2, -0.15) is 13.2 Å². The largest absolute Gasteiger partial charge is 0.472 e. The first-order valence-corrected chi connectivity index (χ1v) is 10.8. The third kappa shape index (κ3) is 3.95. The van der Waals surface area contributed by atoms with E-state index >= 15 is 0 Å². The monoisotopic (exact) mass is 488 g/mol. The molecule has 1 fully saturated rings. The summed E-state index contributed by atoms with van der Waals surface area (Å²) in [5.74, 6) is -1.20. The van der Waals surface area contributed by atoms with E-state index in [1.165, 1.54) is 53.3 Å². The first kappa shape index (κ1) is 23.0. The topological polar surface area (TPSA) is 83.9 Å². The third-order valence-corrected chi connectivity index (χ3v) is 6.40. The van der Waals surface area contributed by atoms with Crippen molar-refractivity contribution < 1.29 is 31.9 Å². The summed E-state index contributed by atoms with van der Waals surface area (Å²) in [6.45, 7) is 1.65. The van der Waals surface area contributed by atoms with Crippen LogP contribution in [0.1, 0.15) is 40.3 Å². The standard InChI is InChI=1S/C24H20F4N4O3/c1-14-19(22(33)31-8-5-23(34,6-9-31)20-18(25)3-2-7-29-20)30-21-17(24(26,27)28)11-16(12-32(14)21)15-4-10-35-13-15/h2-4,7,10-13,34H,5-6,8-9H2,1H3. The molecule has 1 N–H and O–H groups in total. The summed E-state index contributed by atoms with van der Waals surface area (Å²) in [7, 11) is 0. The van der Waals surface area contributed by atoms with Crippen LogP contribution in [-0.2, 0) is 11.8 Å². The van der Waals surface area contributed by atoms with Gasteiger partial charge in [-0.05, 0) is 44.0 Å². The fourth-order valence-corrected chi connectivity index (χ4v) is 4.45. The number of carbonyl (C=O) groups excluding carboxylic acids is 1. The highest BCUT2D eigenvalue weighted by molar-refractivity contribution is 5.94. The van der Waals surface area contributed by atoms with Gasteiger partial charge in [0.15, 0.2) is 0 Å². The number of furan rings is 1. The molecule has 4 aromatic rings. The van der Waals surface area contributed by atoms with Gasteiger partial charge in [0.1, 0.15) is 28.5 Å². The van der Waals surface area contributed by atoms with E-state index in [-0.39, 0.29) is 54.2 Å². The number of piperidine rings is 1. The fraction of sp³-hybridized carbons (Fsp3) is 0.292. The van der Waals surface area contributed by atoms with E-state index < -0.39 is 29.1 Å². The number of nitrogens with zero attached hydrogens (tertiary/aromatic N) is 4. The lowest BCUT2D eigenvalue weighted by Gasteiger charge is -2.37. The number of aliphatic hydroxyl groups is 1. The number of carbonyl (C=O) groups is 1. The molecule has 35 heavy (non-hydrogen) atoms. The van der Waals surface area contributed by atoms with Crippen LogP contribution < -0.4 is 0 Å². The Kier molecular flexibility index (Phi) is 5.39. The molecule has 0 aliphatic carbocycles. The lowest BCUT2D eigenvalue weighted by atomic mass is 9.87. The Morgan fingerprint density at radius 3 is 2.57 bits per heavy atom. The van der Waals surface area contributed by atoms with Crippen LogP contribution in [0, 0.1) is 12.7 Å². The zero-order chi connectivity index (χ0) is 25.0. The number of likely N-dealkylation sites (tertiary alicyclic amines) is 1. The molecule has 7 nitrogen and oxygen atoms in total. The van der Waals surface area contributed by atoms with Crippen molar-refractivity contribution in [2.45, 2.75) is 31.5 Å². The Labute approximate surface area is 196 Å². The van der Waals surface area contributed by atoms with E-state index in [9.17, 15) is 27.5 Å². The maximum Gasteiger partial charge on any atom is 0.420 e. The Bertz CT molecular complexity index is 1400. The number of pyridine rings is 2. The number of aryl methyl sites for hydroxylation is 1. The lowest BCUT2D eigenvalue weighted by Crippen LogP contribution is -2.46. The van der Waals surface area contributed by atoms with E-state index in [4.69, 9.17) is 4.42 Å². The average Bonchev–Trinajstić information content (AvgIpc) is 3.47. The first-order valence-electron chi connectivity index (χ1n) is 10.8. The second-order valence-electron chi connectivity index (χ2n) is 8.55. The van der Waals surface area contributed by atoms with Crippen molar-refractivity contribution >= 4 is 11.6 Å². The van der Waals surface area contributed by atoms with Crippen LogP contribution in [0.2, 0.25) is 0 Å². The van der Waals surface area contributed by atoms with Gasteiger partial charge in [-0.1, -0.05) is 0 Å². The number of alkyl halides is 3. The smallest absolute Gasteiger partial charge is 0.420 e. The molecule has 0 atom stereocenters. The Balaban J connectivity index is 1.48. The van der Waals surface area contributed by atoms with Gasteiger partial charge in [0.2, 0.25) is 0 Å². The van der Waals surface area contributed by atoms with Crippen LogP contribution in [0.25, 0.3) is 16.8 Å². The number of hydrogen-bond donors (Lipinski definition) is 1. The molecule has 1 aliphatic heterocycles. The van der Waals surface area contributed by atoms with E-state index in [0.29, 0.717) is 5.56 Å². The maximum absolute atomic E-state index is 14.2. The summed E-state index contributed by atoms with van der Waals surface area (Å²) in [6, 6.07) is 5.14. The van der Waals surface area contributed by atoms with Gasteiger partial charge in [-0.25, -0.2) is 9.37 Å². The average molecular weight is 488 g/mol. The van der Waals surface area contributed by atoms with E-state index in [2.05, 4.69) is 9.97 Å². The molecule has 1 amide bonds. The van der Waals surface area contributed by atoms with Crippen LogP contribution in [-0.4, -0.2) is 43.4 Å². The van der Waals surface area contributed by atoms with Crippen molar-refractivity contribution in [3.8, 4) is 11.1 Å². The van der Waals surface area contributed by atoms with Crippen molar-refractivity contribution in [1.82, 2.24) is 19.3 Å². The second kappa shape index (κ2) is 8.19. The molecule has 5 heterocycles. The molecule has 11 heteroatoms. The molecule has 0 saturated carbocycles. The summed E-state index contributed by atoms with van der Waals surface area (Å²) in [6.07, 6.45) is 0.899. The molecular formula is C24H20F4N4O3. The first-order chi connectivity index (χ1) is 16.6. The quantitative estimate of drug-likeness (QED) is 0.427. The van der Waals surface area contributed by atoms with Crippen LogP contribution in [0.3, 0.4) is 0 Å². The summed E-state index contributed by atoms with van der Waals surface area (Å²) in [4.78, 5) is 22.7. The zero-order valence-electron chi connectivity index (χ0n) is 18.5. The van der Waals surface area contributed by atoms with Gasteiger partial charge in [-0.15, -0.1) is 0 Å². The van der Waals surface area contributed by atoms with Gasteiger partial charge in [0.05, 0.1) is 23.8 Å². The molecule has 0 spiro atoms. The summed E-state index contributed by atoms with van der Waals surface area (Å²) in [5.41, 5.74) is -2.14. The van der Waals surface area contributed by atoms with Crippen LogP contribution in [0.5, 0.6) is 0 Å². The van der Waals surface area contributed by atoms with Crippen molar-refractivity contribution in [1.29, 1.82) is 0 Å². The summed E-state index contributed by atoms with van der Waals surface area (Å²) >= 11 is 0. The number of aromatic nitrogens is 3. The molecule has 0 aromatic carbocycles. The Morgan fingerprint density at radius 2 is 1.94 bits per heavy atom. The minimum absolute atomic E-state index is 0.0253. The lowest BCUT2D eigenvalue weighted by molar-refractivity contribution is -0.136. The SMILES string of the molecule is Cc1c(C(=O)N2CCC(O)(c3ncccc3F)CC2)nc2c(C(F)(F)F)cc(-c3ccoc3)cn12. The highest BCUT2D eigenvalue weighted by Gasteiger charge is 2.40. The van der Waals surface area contributed by atoms with Gasteiger partial charge in [0, 0.05) is 36.6 Å². The number of fused-ring (bicyclic) bond motifs is 1. The number of hydrogen-bond acceptors (Lipinski definition) is 5. The predicted octanol–water partition coefficient (Wildman–Crippen LogP) is 4.58.